The second kappa shape index (κ2) is 3.60. The summed E-state index contributed by atoms with van der Waals surface area (Å²) in [6.45, 7) is 0. The van der Waals surface area contributed by atoms with Crippen molar-refractivity contribution in [2.75, 3.05) is 0 Å². The predicted octanol–water partition coefficient (Wildman–Crippen LogP) is 3.76. The van der Waals surface area contributed by atoms with Crippen LogP contribution in [-0.4, -0.2) is 0 Å². The van der Waals surface area contributed by atoms with E-state index < -0.39 is 0 Å². The van der Waals surface area contributed by atoms with Gasteiger partial charge in [-0.15, -0.1) is 0 Å². The Labute approximate surface area is 70.4 Å². The van der Waals surface area contributed by atoms with E-state index in [4.69, 9.17) is 0 Å². The van der Waals surface area contributed by atoms with Crippen molar-refractivity contribution in [1.82, 2.24) is 0 Å². The Morgan fingerprint density at radius 3 is 1.27 bits per heavy atom. The highest BCUT2D eigenvalue weighted by Crippen LogP contribution is 2.38. The highest BCUT2D eigenvalue weighted by atomic mass is 14.3. The van der Waals surface area contributed by atoms with Crippen molar-refractivity contribution >= 4 is 0 Å². The summed E-state index contributed by atoms with van der Waals surface area (Å²) in [4.78, 5) is 0. The van der Waals surface area contributed by atoms with Crippen LogP contribution >= 0.6 is 0 Å². The molecule has 0 spiro atoms. The Bertz CT molecular complexity index is 105. The zero-order chi connectivity index (χ0) is 7.52. The Balaban J connectivity index is 1.82. The molecule has 64 valence electrons. The third-order valence-electron chi connectivity index (χ3n) is 3.72. The summed E-state index contributed by atoms with van der Waals surface area (Å²) in [6.07, 6.45) is 13.9. The van der Waals surface area contributed by atoms with Crippen LogP contribution in [0.15, 0.2) is 0 Å². The van der Waals surface area contributed by atoms with Crippen molar-refractivity contribution in [2.45, 2.75) is 57.8 Å². The topological polar surface area (TPSA) is 0 Å². The van der Waals surface area contributed by atoms with Gasteiger partial charge in [0.15, 0.2) is 0 Å². The normalized spacial score (nSPS) is 29.5. The zero-order valence-corrected chi connectivity index (χ0v) is 7.52. The van der Waals surface area contributed by atoms with Gasteiger partial charge in [-0.05, 0) is 11.8 Å². The summed E-state index contributed by atoms with van der Waals surface area (Å²) < 4.78 is 0. The van der Waals surface area contributed by atoms with Gasteiger partial charge in [-0.3, -0.25) is 0 Å². The molecule has 0 aromatic rings. The fourth-order valence-electron chi connectivity index (χ4n) is 3.03. The molecular formula is C11H20. The average molecular weight is 152 g/mol. The Morgan fingerprint density at radius 2 is 0.818 bits per heavy atom. The molecule has 2 fully saturated rings. The molecule has 11 heavy (non-hydrogen) atoms. The number of hydrogen-bond donors (Lipinski definition) is 0. The fourth-order valence-corrected chi connectivity index (χ4v) is 3.03. The smallest absolute Gasteiger partial charge is 0.0386 e. The molecule has 2 saturated carbocycles. The molecular weight excluding hydrogens is 132 g/mol. The molecule has 0 aliphatic heterocycles. The van der Waals surface area contributed by atoms with Crippen LogP contribution in [0.1, 0.15) is 57.8 Å². The summed E-state index contributed by atoms with van der Waals surface area (Å²) in [5, 5.41) is 0. The molecule has 0 amide bonds. The van der Waals surface area contributed by atoms with Gasteiger partial charge >= 0.3 is 0 Å². The molecule has 0 unspecified atom stereocenters. The quantitative estimate of drug-likeness (QED) is 0.536. The number of rotatable bonds is 1. The van der Waals surface area contributed by atoms with E-state index in [1.807, 2.05) is 0 Å². The highest BCUT2D eigenvalue weighted by Gasteiger charge is 2.25. The molecule has 0 atom stereocenters. The molecule has 0 aromatic carbocycles. The summed E-state index contributed by atoms with van der Waals surface area (Å²) in [6, 6.07) is 0. The third kappa shape index (κ3) is 1.77. The summed E-state index contributed by atoms with van der Waals surface area (Å²) in [5.74, 6) is 2.29. The minimum atomic E-state index is 1.14. The van der Waals surface area contributed by atoms with Gasteiger partial charge < -0.3 is 0 Å². The van der Waals surface area contributed by atoms with Gasteiger partial charge in [-0.25, -0.2) is 0 Å². The van der Waals surface area contributed by atoms with E-state index in [0.717, 1.165) is 11.8 Å². The van der Waals surface area contributed by atoms with Crippen molar-refractivity contribution < 1.29 is 0 Å². The van der Waals surface area contributed by atoms with Gasteiger partial charge in [0.1, 0.15) is 0 Å². The molecule has 0 heteroatoms. The number of hydrogen-bond acceptors (Lipinski definition) is 0. The highest BCUT2D eigenvalue weighted by molar-refractivity contribution is 4.77. The van der Waals surface area contributed by atoms with Gasteiger partial charge in [0.05, 0.1) is 0 Å². The predicted molar refractivity (Wildman–Crippen MR) is 48.5 cm³/mol. The maximum absolute atomic E-state index is 1.56. The largest absolute Gasteiger partial charge is 0.0533 e. The zero-order valence-electron chi connectivity index (χ0n) is 7.52. The van der Waals surface area contributed by atoms with E-state index in [2.05, 4.69) is 0 Å². The molecule has 0 saturated heterocycles. The Hall–Kier alpha value is 0. The first-order valence-electron chi connectivity index (χ1n) is 5.47. The first-order chi connectivity index (χ1) is 5.47. The van der Waals surface area contributed by atoms with E-state index in [-0.39, 0.29) is 0 Å². The molecule has 0 radical (unpaired) electrons. The van der Waals surface area contributed by atoms with Crippen molar-refractivity contribution in [3.8, 4) is 0 Å². The molecule has 0 aromatic heterocycles. The summed E-state index contributed by atoms with van der Waals surface area (Å²) in [5.41, 5.74) is 0. The second-order valence-electron chi connectivity index (χ2n) is 4.44. The van der Waals surface area contributed by atoms with Crippen LogP contribution in [0.2, 0.25) is 0 Å². The first kappa shape index (κ1) is 7.64. The van der Waals surface area contributed by atoms with Gasteiger partial charge in [0.25, 0.3) is 0 Å². The van der Waals surface area contributed by atoms with Gasteiger partial charge in [0, 0.05) is 0 Å². The van der Waals surface area contributed by atoms with Crippen LogP contribution < -0.4 is 0 Å². The minimum absolute atomic E-state index is 1.14. The monoisotopic (exact) mass is 152 g/mol. The van der Waals surface area contributed by atoms with Crippen molar-refractivity contribution in [3.63, 3.8) is 0 Å². The molecule has 0 heterocycles. The molecule has 2 aliphatic carbocycles. The lowest BCUT2D eigenvalue weighted by Gasteiger charge is -2.26. The van der Waals surface area contributed by atoms with Crippen molar-refractivity contribution in [3.05, 3.63) is 0 Å². The van der Waals surface area contributed by atoms with Crippen LogP contribution in [0.4, 0.5) is 0 Å². The van der Waals surface area contributed by atoms with Crippen LogP contribution in [-0.2, 0) is 0 Å². The molecule has 0 N–H and O–H groups in total. The fraction of sp³-hybridized carbons (Fsp3) is 1.00. The Morgan fingerprint density at radius 1 is 0.455 bits per heavy atom. The van der Waals surface area contributed by atoms with E-state index in [9.17, 15) is 0 Å². The van der Waals surface area contributed by atoms with E-state index >= 15 is 0 Å². The van der Waals surface area contributed by atoms with Gasteiger partial charge in [0.2, 0.25) is 0 Å². The van der Waals surface area contributed by atoms with Crippen LogP contribution in [0.5, 0.6) is 0 Å². The second-order valence-corrected chi connectivity index (χ2v) is 4.44. The van der Waals surface area contributed by atoms with Crippen LogP contribution in [0.3, 0.4) is 0 Å². The summed E-state index contributed by atoms with van der Waals surface area (Å²) >= 11 is 0. The molecule has 2 rings (SSSR count). The SMILES string of the molecule is C1CCC(C2CCCC2)CC1. The lowest BCUT2D eigenvalue weighted by Crippen LogP contribution is -2.14. The first-order valence-corrected chi connectivity index (χ1v) is 5.47. The minimum Gasteiger partial charge on any atom is -0.0533 e. The average Bonchev–Trinajstić information content (AvgIpc) is 2.58. The van der Waals surface area contributed by atoms with E-state index in [0.29, 0.717) is 0 Å². The summed E-state index contributed by atoms with van der Waals surface area (Å²) in [7, 11) is 0. The standard InChI is InChI=1S/C11H20/c1-2-6-10(7-3-1)11-8-4-5-9-11/h10-11H,1-9H2. The van der Waals surface area contributed by atoms with Gasteiger partial charge in [-0.2, -0.15) is 0 Å². The maximum atomic E-state index is 1.56. The third-order valence-corrected chi connectivity index (χ3v) is 3.72. The molecule has 2 aliphatic rings. The molecule has 0 nitrogen and oxygen atoms in total. The lowest BCUT2D eigenvalue weighted by atomic mass is 9.79. The van der Waals surface area contributed by atoms with Crippen molar-refractivity contribution in [2.24, 2.45) is 11.8 Å². The lowest BCUT2D eigenvalue weighted by molar-refractivity contribution is 0.252. The van der Waals surface area contributed by atoms with Crippen LogP contribution in [0.25, 0.3) is 0 Å². The van der Waals surface area contributed by atoms with Crippen LogP contribution in [0, 0.1) is 11.8 Å². The molecule has 0 bridgehead atoms. The van der Waals surface area contributed by atoms with E-state index in [1.54, 1.807) is 25.7 Å². The van der Waals surface area contributed by atoms with E-state index in [1.165, 1.54) is 32.1 Å². The van der Waals surface area contributed by atoms with Crippen molar-refractivity contribution in [1.29, 1.82) is 0 Å². The Kier molecular flexibility index (Phi) is 2.50. The maximum Gasteiger partial charge on any atom is -0.0386 e. The van der Waals surface area contributed by atoms with Gasteiger partial charge in [-0.1, -0.05) is 57.8 Å².